The first kappa shape index (κ1) is 14.1. The Balaban J connectivity index is 1.69. The molecule has 2 heterocycles. The van der Waals surface area contributed by atoms with Crippen LogP contribution >= 0.6 is 0 Å². The summed E-state index contributed by atoms with van der Waals surface area (Å²) < 4.78 is 0. The van der Waals surface area contributed by atoms with Crippen LogP contribution < -0.4 is 5.32 Å². The van der Waals surface area contributed by atoms with Crippen LogP contribution in [0.2, 0.25) is 0 Å². The van der Waals surface area contributed by atoms with E-state index in [1.807, 2.05) is 29.2 Å². The molecule has 112 valence electrons. The molecule has 1 aliphatic rings. The molecule has 1 aromatic heterocycles. The van der Waals surface area contributed by atoms with Gasteiger partial charge in [0.2, 0.25) is 0 Å². The second kappa shape index (κ2) is 5.85. The van der Waals surface area contributed by atoms with Crippen molar-refractivity contribution in [3.8, 4) is 0 Å². The standard InChI is InChI=1S/C16H22N4O/c1-11(2)17-12-7-9-20(10-8-12)16(21)15-13-5-3-4-6-14(13)18-19-15/h3-6,11-12,17H,7-10H2,1-2H3,(H,18,19). The molecule has 3 rings (SSSR count). The van der Waals surface area contributed by atoms with Crippen LogP contribution in [0, 0.1) is 0 Å². The number of hydrogen-bond acceptors (Lipinski definition) is 3. The van der Waals surface area contributed by atoms with Gasteiger partial charge in [0, 0.05) is 30.6 Å². The number of carbonyl (C=O) groups is 1. The van der Waals surface area contributed by atoms with Gasteiger partial charge in [0.1, 0.15) is 0 Å². The van der Waals surface area contributed by atoms with Crippen LogP contribution in [0.1, 0.15) is 37.2 Å². The van der Waals surface area contributed by atoms with Crippen LogP contribution in [-0.4, -0.2) is 46.2 Å². The van der Waals surface area contributed by atoms with Gasteiger partial charge in [-0.3, -0.25) is 9.89 Å². The van der Waals surface area contributed by atoms with Crippen LogP contribution in [0.4, 0.5) is 0 Å². The summed E-state index contributed by atoms with van der Waals surface area (Å²) in [6.45, 7) is 5.91. The maximum Gasteiger partial charge on any atom is 0.274 e. The molecule has 2 aromatic rings. The van der Waals surface area contributed by atoms with E-state index < -0.39 is 0 Å². The number of amides is 1. The van der Waals surface area contributed by atoms with E-state index in [0.29, 0.717) is 17.8 Å². The second-order valence-corrected chi connectivity index (χ2v) is 6.01. The Bertz CT molecular complexity index is 626. The van der Waals surface area contributed by atoms with Crippen molar-refractivity contribution in [2.45, 2.75) is 38.8 Å². The quantitative estimate of drug-likeness (QED) is 0.909. The van der Waals surface area contributed by atoms with E-state index >= 15 is 0 Å². The first-order chi connectivity index (χ1) is 10.1. The van der Waals surface area contributed by atoms with Crippen molar-refractivity contribution < 1.29 is 4.79 Å². The number of para-hydroxylation sites is 1. The molecule has 21 heavy (non-hydrogen) atoms. The van der Waals surface area contributed by atoms with Crippen LogP contribution in [0.3, 0.4) is 0 Å². The third-order valence-corrected chi connectivity index (χ3v) is 4.02. The molecule has 1 fully saturated rings. The Labute approximate surface area is 124 Å². The summed E-state index contributed by atoms with van der Waals surface area (Å²) in [5, 5.41) is 11.6. The lowest BCUT2D eigenvalue weighted by Crippen LogP contribution is -2.46. The molecule has 1 aromatic carbocycles. The van der Waals surface area contributed by atoms with Crippen LogP contribution in [-0.2, 0) is 0 Å². The molecule has 5 heteroatoms. The van der Waals surface area contributed by atoms with Crippen molar-refractivity contribution in [3.63, 3.8) is 0 Å². The molecule has 0 bridgehead atoms. The van der Waals surface area contributed by atoms with E-state index in [1.165, 1.54) is 0 Å². The number of nitrogens with one attached hydrogen (secondary N) is 2. The molecule has 0 atom stereocenters. The highest BCUT2D eigenvalue weighted by Crippen LogP contribution is 2.19. The molecule has 5 nitrogen and oxygen atoms in total. The van der Waals surface area contributed by atoms with Crippen molar-refractivity contribution in [2.75, 3.05) is 13.1 Å². The Kier molecular flexibility index (Phi) is 3.92. The number of benzene rings is 1. The predicted octanol–water partition coefficient (Wildman–Crippen LogP) is 2.17. The lowest BCUT2D eigenvalue weighted by atomic mass is 10.0. The first-order valence-corrected chi connectivity index (χ1v) is 7.63. The van der Waals surface area contributed by atoms with Crippen molar-refractivity contribution in [1.82, 2.24) is 20.4 Å². The van der Waals surface area contributed by atoms with Crippen molar-refractivity contribution in [3.05, 3.63) is 30.0 Å². The third kappa shape index (κ3) is 2.93. The van der Waals surface area contributed by atoms with E-state index in [0.717, 1.165) is 36.8 Å². The molecule has 0 unspecified atom stereocenters. The summed E-state index contributed by atoms with van der Waals surface area (Å²) >= 11 is 0. The van der Waals surface area contributed by atoms with E-state index in [2.05, 4.69) is 29.4 Å². The number of aromatic nitrogens is 2. The zero-order valence-electron chi connectivity index (χ0n) is 12.6. The van der Waals surface area contributed by atoms with Gasteiger partial charge in [-0.2, -0.15) is 5.10 Å². The van der Waals surface area contributed by atoms with Gasteiger partial charge in [-0.1, -0.05) is 32.0 Å². The fourth-order valence-electron chi connectivity index (χ4n) is 3.00. The van der Waals surface area contributed by atoms with Crippen LogP contribution in [0.5, 0.6) is 0 Å². The number of likely N-dealkylation sites (tertiary alicyclic amines) is 1. The number of nitrogens with zero attached hydrogens (tertiary/aromatic N) is 2. The Morgan fingerprint density at radius 3 is 2.76 bits per heavy atom. The molecule has 2 N–H and O–H groups in total. The number of fused-ring (bicyclic) bond motifs is 1. The zero-order valence-corrected chi connectivity index (χ0v) is 12.6. The third-order valence-electron chi connectivity index (χ3n) is 4.02. The van der Waals surface area contributed by atoms with Crippen LogP contribution in [0.15, 0.2) is 24.3 Å². The maximum atomic E-state index is 12.6. The monoisotopic (exact) mass is 286 g/mol. The summed E-state index contributed by atoms with van der Waals surface area (Å²) in [4.78, 5) is 14.5. The lowest BCUT2D eigenvalue weighted by molar-refractivity contribution is 0.0699. The topological polar surface area (TPSA) is 61.0 Å². The Morgan fingerprint density at radius 2 is 2.05 bits per heavy atom. The van der Waals surface area contributed by atoms with Gasteiger partial charge in [0.25, 0.3) is 5.91 Å². The van der Waals surface area contributed by atoms with Crippen LogP contribution in [0.25, 0.3) is 10.9 Å². The van der Waals surface area contributed by atoms with Crippen molar-refractivity contribution in [2.24, 2.45) is 0 Å². The first-order valence-electron chi connectivity index (χ1n) is 7.63. The average Bonchev–Trinajstić information content (AvgIpc) is 2.90. The largest absolute Gasteiger partial charge is 0.337 e. The van der Waals surface area contributed by atoms with Gasteiger partial charge in [0.05, 0.1) is 5.52 Å². The van der Waals surface area contributed by atoms with Crippen molar-refractivity contribution in [1.29, 1.82) is 0 Å². The number of hydrogen-bond donors (Lipinski definition) is 2. The molecule has 0 aliphatic carbocycles. The minimum Gasteiger partial charge on any atom is -0.337 e. The Hall–Kier alpha value is -1.88. The van der Waals surface area contributed by atoms with Gasteiger partial charge in [0.15, 0.2) is 5.69 Å². The molecule has 1 amide bonds. The minimum absolute atomic E-state index is 0.0375. The van der Waals surface area contributed by atoms with Gasteiger partial charge in [-0.25, -0.2) is 0 Å². The number of aromatic amines is 1. The number of carbonyl (C=O) groups excluding carboxylic acids is 1. The fourth-order valence-corrected chi connectivity index (χ4v) is 3.00. The molecule has 1 saturated heterocycles. The summed E-state index contributed by atoms with van der Waals surface area (Å²) in [6.07, 6.45) is 2.01. The SMILES string of the molecule is CC(C)NC1CCN(C(=O)c2n[nH]c3ccccc23)CC1. The lowest BCUT2D eigenvalue weighted by Gasteiger charge is -2.33. The van der Waals surface area contributed by atoms with E-state index in [-0.39, 0.29) is 5.91 Å². The van der Waals surface area contributed by atoms with E-state index in [4.69, 9.17) is 0 Å². The molecule has 0 radical (unpaired) electrons. The average molecular weight is 286 g/mol. The summed E-state index contributed by atoms with van der Waals surface area (Å²) in [7, 11) is 0. The van der Waals surface area contributed by atoms with Gasteiger partial charge < -0.3 is 10.2 Å². The second-order valence-electron chi connectivity index (χ2n) is 6.01. The minimum atomic E-state index is 0.0375. The Morgan fingerprint density at radius 1 is 1.33 bits per heavy atom. The summed E-state index contributed by atoms with van der Waals surface area (Å²) in [5.41, 5.74) is 1.46. The highest BCUT2D eigenvalue weighted by Gasteiger charge is 2.26. The highest BCUT2D eigenvalue weighted by atomic mass is 16.2. The van der Waals surface area contributed by atoms with Gasteiger partial charge >= 0.3 is 0 Å². The normalized spacial score (nSPS) is 16.8. The van der Waals surface area contributed by atoms with Gasteiger partial charge in [-0.15, -0.1) is 0 Å². The molecular formula is C16H22N4O. The predicted molar refractivity (Wildman–Crippen MR) is 83.3 cm³/mol. The molecule has 0 saturated carbocycles. The van der Waals surface area contributed by atoms with E-state index in [1.54, 1.807) is 0 Å². The maximum absolute atomic E-state index is 12.6. The van der Waals surface area contributed by atoms with Gasteiger partial charge in [-0.05, 0) is 18.9 Å². The smallest absolute Gasteiger partial charge is 0.274 e. The fraction of sp³-hybridized carbons (Fsp3) is 0.500. The molecule has 0 spiro atoms. The summed E-state index contributed by atoms with van der Waals surface area (Å²) in [5.74, 6) is 0.0375. The zero-order chi connectivity index (χ0) is 14.8. The molecule has 1 aliphatic heterocycles. The van der Waals surface area contributed by atoms with Crippen molar-refractivity contribution >= 4 is 16.8 Å². The van der Waals surface area contributed by atoms with E-state index in [9.17, 15) is 4.79 Å². The number of piperidine rings is 1. The summed E-state index contributed by atoms with van der Waals surface area (Å²) in [6, 6.07) is 8.78. The number of H-pyrrole nitrogens is 1. The highest BCUT2D eigenvalue weighted by molar-refractivity contribution is 6.04. The number of rotatable bonds is 3. The molecular weight excluding hydrogens is 264 g/mol.